The Kier molecular flexibility index (Phi) is 3.01. The van der Waals surface area contributed by atoms with Crippen molar-refractivity contribution in [1.29, 1.82) is 0 Å². The molecule has 0 aromatic rings. The summed E-state index contributed by atoms with van der Waals surface area (Å²) in [6, 6.07) is 0. The van der Waals surface area contributed by atoms with Gasteiger partial charge in [0.05, 0.1) is 0 Å². The van der Waals surface area contributed by atoms with Gasteiger partial charge in [-0.3, -0.25) is 9.59 Å². The van der Waals surface area contributed by atoms with Gasteiger partial charge in [0.2, 0.25) is 11.5 Å². The molecule has 1 unspecified atom stereocenters. The van der Waals surface area contributed by atoms with E-state index < -0.39 is 36.4 Å². The van der Waals surface area contributed by atoms with Crippen LogP contribution in [-0.2, 0) is 19.1 Å². The topological polar surface area (TPSA) is 52.6 Å². The van der Waals surface area contributed by atoms with Gasteiger partial charge in [-0.1, -0.05) is 0 Å². The van der Waals surface area contributed by atoms with Gasteiger partial charge >= 0.3 is 12.1 Å². The first-order chi connectivity index (χ1) is 6.80. The number of alkyl halides is 3. The first kappa shape index (κ1) is 11.5. The second kappa shape index (κ2) is 3.92. The fourth-order valence-corrected chi connectivity index (χ4v) is 0.968. The molecule has 0 amide bonds. The number of ether oxygens (including phenoxy) is 2. The summed E-state index contributed by atoms with van der Waals surface area (Å²) in [5.74, 6) is -3.04. The van der Waals surface area contributed by atoms with Gasteiger partial charge in [0.25, 0.3) is 0 Å². The largest absolute Gasteiger partial charge is 0.484 e. The molecule has 1 aliphatic rings. The molecular formula is C8H7F3O4. The number of carbonyl (C=O) groups excluding carboxylic acids is 2. The number of esters is 1. The second-order valence-corrected chi connectivity index (χ2v) is 2.82. The van der Waals surface area contributed by atoms with Crippen LogP contribution < -0.4 is 0 Å². The van der Waals surface area contributed by atoms with Crippen LogP contribution in [0.3, 0.4) is 0 Å². The van der Waals surface area contributed by atoms with Crippen molar-refractivity contribution in [2.45, 2.75) is 19.2 Å². The average Bonchev–Trinajstić information content (AvgIpc) is 2.05. The van der Waals surface area contributed by atoms with Crippen LogP contribution in [-0.4, -0.2) is 30.6 Å². The molecule has 0 aromatic heterocycles. The normalized spacial score (nSPS) is 21.7. The molecule has 0 radical (unpaired) electrons. The molecule has 0 saturated heterocycles. The summed E-state index contributed by atoms with van der Waals surface area (Å²) in [5.41, 5.74) is 0. The van der Waals surface area contributed by atoms with E-state index in [-0.39, 0.29) is 6.08 Å². The summed E-state index contributed by atoms with van der Waals surface area (Å²) in [4.78, 5) is 21.5. The van der Waals surface area contributed by atoms with Gasteiger partial charge in [-0.05, 0) is 0 Å². The first-order valence-electron chi connectivity index (χ1n) is 3.93. The SMILES string of the molecule is CC(=O)OC1COC(C(F)(F)F)=CC1=O. The number of halogens is 3. The molecule has 4 nitrogen and oxygen atoms in total. The number of carbonyl (C=O) groups is 2. The van der Waals surface area contributed by atoms with Gasteiger partial charge in [-0.2, -0.15) is 13.2 Å². The van der Waals surface area contributed by atoms with Gasteiger partial charge in [0, 0.05) is 13.0 Å². The molecule has 0 aliphatic carbocycles. The molecule has 1 heterocycles. The van der Waals surface area contributed by atoms with E-state index in [2.05, 4.69) is 9.47 Å². The molecule has 0 aromatic carbocycles. The monoisotopic (exact) mass is 224 g/mol. The number of hydrogen-bond donors (Lipinski definition) is 0. The zero-order chi connectivity index (χ0) is 11.6. The van der Waals surface area contributed by atoms with Crippen molar-refractivity contribution in [3.63, 3.8) is 0 Å². The van der Waals surface area contributed by atoms with Crippen molar-refractivity contribution in [3.05, 3.63) is 11.8 Å². The van der Waals surface area contributed by atoms with Crippen LogP contribution in [0.5, 0.6) is 0 Å². The van der Waals surface area contributed by atoms with Gasteiger partial charge in [0.1, 0.15) is 6.61 Å². The molecule has 15 heavy (non-hydrogen) atoms. The van der Waals surface area contributed by atoms with E-state index in [0.29, 0.717) is 0 Å². The highest BCUT2D eigenvalue weighted by molar-refractivity contribution is 5.96. The van der Waals surface area contributed by atoms with Crippen molar-refractivity contribution in [1.82, 2.24) is 0 Å². The number of hydrogen-bond acceptors (Lipinski definition) is 4. The molecule has 84 valence electrons. The summed E-state index contributed by atoms with van der Waals surface area (Å²) >= 11 is 0. The van der Waals surface area contributed by atoms with E-state index >= 15 is 0 Å². The van der Waals surface area contributed by atoms with E-state index in [9.17, 15) is 22.8 Å². The Labute approximate surface area is 82.6 Å². The van der Waals surface area contributed by atoms with Crippen LogP contribution in [0.25, 0.3) is 0 Å². The maximum Gasteiger partial charge on any atom is 0.449 e. The van der Waals surface area contributed by atoms with Crippen molar-refractivity contribution in [3.8, 4) is 0 Å². The van der Waals surface area contributed by atoms with Crippen LogP contribution in [0.4, 0.5) is 13.2 Å². The maximum absolute atomic E-state index is 12.1. The Balaban J connectivity index is 2.74. The second-order valence-electron chi connectivity index (χ2n) is 2.82. The first-order valence-corrected chi connectivity index (χ1v) is 3.93. The molecule has 0 fully saturated rings. The van der Waals surface area contributed by atoms with E-state index in [1.165, 1.54) is 0 Å². The Morgan fingerprint density at radius 1 is 1.60 bits per heavy atom. The summed E-state index contributed by atoms with van der Waals surface area (Å²) in [6.45, 7) is 0.444. The summed E-state index contributed by atoms with van der Waals surface area (Å²) < 4.78 is 44.9. The highest BCUT2D eigenvalue weighted by Gasteiger charge is 2.41. The predicted molar refractivity (Wildman–Crippen MR) is 40.7 cm³/mol. The lowest BCUT2D eigenvalue weighted by Gasteiger charge is -2.22. The summed E-state index contributed by atoms with van der Waals surface area (Å²) in [7, 11) is 0. The Hall–Kier alpha value is -1.53. The lowest BCUT2D eigenvalue weighted by atomic mass is 10.2. The highest BCUT2D eigenvalue weighted by Crippen LogP contribution is 2.28. The van der Waals surface area contributed by atoms with Crippen LogP contribution >= 0.6 is 0 Å². The summed E-state index contributed by atoms with van der Waals surface area (Å²) in [5, 5.41) is 0. The minimum atomic E-state index is -4.70. The molecule has 0 spiro atoms. The van der Waals surface area contributed by atoms with E-state index in [4.69, 9.17) is 0 Å². The van der Waals surface area contributed by atoms with Gasteiger partial charge in [-0.15, -0.1) is 0 Å². The maximum atomic E-state index is 12.1. The fourth-order valence-electron chi connectivity index (χ4n) is 0.968. The average molecular weight is 224 g/mol. The Morgan fingerprint density at radius 2 is 2.20 bits per heavy atom. The lowest BCUT2D eigenvalue weighted by Crippen LogP contribution is -2.36. The smallest absolute Gasteiger partial charge is 0.449 e. The zero-order valence-corrected chi connectivity index (χ0v) is 7.63. The van der Waals surface area contributed by atoms with Crippen molar-refractivity contribution in [2.24, 2.45) is 0 Å². The van der Waals surface area contributed by atoms with Crippen LogP contribution in [0.15, 0.2) is 11.8 Å². The molecule has 0 bridgehead atoms. The third-order valence-electron chi connectivity index (χ3n) is 1.57. The number of allylic oxidation sites excluding steroid dienone is 1. The minimum Gasteiger partial charge on any atom is -0.484 e. The lowest BCUT2D eigenvalue weighted by molar-refractivity contribution is -0.164. The van der Waals surface area contributed by atoms with Gasteiger partial charge in [0.15, 0.2) is 6.10 Å². The Morgan fingerprint density at radius 3 is 2.60 bits per heavy atom. The molecule has 1 rings (SSSR count). The van der Waals surface area contributed by atoms with Crippen LogP contribution in [0.2, 0.25) is 0 Å². The zero-order valence-electron chi connectivity index (χ0n) is 7.63. The molecule has 0 N–H and O–H groups in total. The molecule has 1 atom stereocenters. The van der Waals surface area contributed by atoms with Crippen LogP contribution in [0, 0.1) is 0 Å². The predicted octanol–water partition coefficient (Wildman–Crippen LogP) is 0.964. The van der Waals surface area contributed by atoms with E-state index in [1.54, 1.807) is 0 Å². The third-order valence-corrected chi connectivity index (χ3v) is 1.57. The summed E-state index contributed by atoms with van der Waals surface area (Å²) in [6.07, 6.45) is -5.69. The van der Waals surface area contributed by atoms with Crippen LogP contribution in [0.1, 0.15) is 6.92 Å². The van der Waals surface area contributed by atoms with Crippen molar-refractivity contribution in [2.75, 3.05) is 6.61 Å². The van der Waals surface area contributed by atoms with Crippen molar-refractivity contribution >= 4 is 11.8 Å². The van der Waals surface area contributed by atoms with Gasteiger partial charge < -0.3 is 9.47 Å². The minimum absolute atomic E-state index is 0.289. The molecule has 0 saturated carbocycles. The fraction of sp³-hybridized carbons (Fsp3) is 0.500. The Bertz CT molecular complexity index is 318. The van der Waals surface area contributed by atoms with E-state index in [0.717, 1.165) is 6.92 Å². The molecular weight excluding hydrogens is 217 g/mol. The standard InChI is InChI=1S/C8H7F3O4/c1-4(12)15-6-3-14-7(2-5(6)13)8(9,10)11/h2,6H,3H2,1H3. The highest BCUT2D eigenvalue weighted by atomic mass is 19.4. The number of rotatable bonds is 1. The quantitative estimate of drug-likeness (QED) is 0.622. The van der Waals surface area contributed by atoms with Gasteiger partial charge in [-0.25, -0.2) is 0 Å². The van der Waals surface area contributed by atoms with E-state index in [1.807, 2.05) is 0 Å². The number of ketones is 1. The van der Waals surface area contributed by atoms with Crippen molar-refractivity contribution < 1.29 is 32.2 Å². The molecule has 7 heteroatoms. The molecule has 1 aliphatic heterocycles. The third kappa shape index (κ3) is 2.97.